The number of para-hydroxylation sites is 1. The molecule has 3 aliphatic rings. The Bertz CT molecular complexity index is 943. The van der Waals surface area contributed by atoms with Crippen molar-refractivity contribution in [1.82, 2.24) is 5.32 Å². The first kappa shape index (κ1) is 16.5. The fourth-order valence-corrected chi connectivity index (χ4v) is 5.06. The monoisotopic (exact) mass is 365 g/mol. The van der Waals surface area contributed by atoms with Crippen LogP contribution in [0.2, 0.25) is 0 Å². The van der Waals surface area contributed by atoms with Gasteiger partial charge in [-0.15, -0.1) is 0 Å². The number of ether oxygens (including phenoxy) is 1. The molecule has 0 saturated heterocycles. The molecule has 1 spiro atoms. The third-order valence-electron chi connectivity index (χ3n) is 6.35. The molecular weight excluding hydrogens is 345 g/mol. The highest BCUT2D eigenvalue weighted by atomic mass is 19.1. The second kappa shape index (κ2) is 5.91. The van der Waals surface area contributed by atoms with Crippen LogP contribution >= 0.6 is 0 Å². The quantitative estimate of drug-likeness (QED) is 0.906. The number of hydrogen-bond acceptors (Lipinski definition) is 3. The molecule has 5 heteroatoms. The molecule has 4 atom stereocenters. The number of carbonyl (C=O) groups excluding carboxylic acids is 2. The molecule has 0 radical (unpaired) electrons. The first-order valence-corrected chi connectivity index (χ1v) is 9.41. The van der Waals surface area contributed by atoms with Gasteiger partial charge in [0.05, 0.1) is 12.0 Å². The van der Waals surface area contributed by atoms with E-state index in [0.717, 1.165) is 12.8 Å². The van der Waals surface area contributed by atoms with Crippen LogP contribution < -0.4 is 10.1 Å². The topological polar surface area (TPSA) is 55.4 Å². The first-order valence-electron chi connectivity index (χ1n) is 9.41. The maximum absolute atomic E-state index is 13.7. The Balaban J connectivity index is 1.31. The van der Waals surface area contributed by atoms with Gasteiger partial charge in [0.15, 0.2) is 5.78 Å². The second-order valence-electron chi connectivity index (χ2n) is 7.83. The van der Waals surface area contributed by atoms with Crippen LogP contribution in [-0.2, 0) is 11.3 Å². The third-order valence-corrected chi connectivity index (χ3v) is 6.35. The van der Waals surface area contributed by atoms with Gasteiger partial charge < -0.3 is 10.1 Å². The lowest BCUT2D eigenvalue weighted by Crippen LogP contribution is -2.44. The Morgan fingerprint density at radius 1 is 1.19 bits per heavy atom. The minimum Gasteiger partial charge on any atom is -0.486 e. The number of halogens is 1. The zero-order chi connectivity index (χ0) is 18.6. The summed E-state index contributed by atoms with van der Waals surface area (Å²) in [6.45, 7) is 0.178. The lowest BCUT2D eigenvalue weighted by Gasteiger charge is -2.37. The Hall–Kier alpha value is -2.69. The average molecular weight is 365 g/mol. The fraction of sp³-hybridized carbons (Fsp3) is 0.364. The number of fused-ring (bicyclic) bond motifs is 3. The highest BCUT2D eigenvalue weighted by Crippen LogP contribution is 2.65. The second-order valence-corrected chi connectivity index (χ2v) is 7.83. The van der Waals surface area contributed by atoms with Crippen LogP contribution in [0.25, 0.3) is 0 Å². The molecule has 2 fully saturated rings. The van der Waals surface area contributed by atoms with Gasteiger partial charge in [-0.25, -0.2) is 4.39 Å². The molecule has 1 amide bonds. The molecule has 138 valence electrons. The van der Waals surface area contributed by atoms with Gasteiger partial charge in [-0.1, -0.05) is 30.3 Å². The summed E-state index contributed by atoms with van der Waals surface area (Å²) in [5.41, 5.74) is 0.549. The van der Waals surface area contributed by atoms with Gasteiger partial charge in [0.2, 0.25) is 5.91 Å². The Morgan fingerprint density at radius 3 is 2.81 bits per heavy atom. The minimum atomic E-state index is -0.559. The van der Waals surface area contributed by atoms with Crippen molar-refractivity contribution in [2.24, 2.45) is 17.8 Å². The molecule has 2 aliphatic carbocycles. The van der Waals surface area contributed by atoms with E-state index in [4.69, 9.17) is 4.74 Å². The lowest BCUT2D eigenvalue weighted by molar-refractivity contribution is -0.124. The van der Waals surface area contributed by atoms with Gasteiger partial charge in [-0.05, 0) is 37.0 Å². The normalized spacial score (nSPS) is 30.4. The summed E-state index contributed by atoms with van der Waals surface area (Å²) >= 11 is 0. The minimum absolute atomic E-state index is 0.0652. The average Bonchev–Trinajstić information content (AvgIpc) is 3.32. The van der Waals surface area contributed by atoms with E-state index in [1.54, 1.807) is 24.3 Å². The number of carbonyl (C=O) groups is 2. The molecular formula is C22H20FNO3. The number of hydrogen-bond donors (Lipinski definition) is 1. The van der Waals surface area contributed by atoms with Crippen molar-refractivity contribution in [2.45, 2.75) is 31.4 Å². The molecule has 2 aromatic rings. The zero-order valence-electron chi connectivity index (χ0n) is 14.8. The van der Waals surface area contributed by atoms with Crippen LogP contribution in [0.5, 0.6) is 5.75 Å². The van der Waals surface area contributed by atoms with Crippen molar-refractivity contribution in [3.8, 4) is 5.75 Å². The van der Waals surface area contributed by atoms with E-state index >= 15 is 0 Å². The molecule has 1 N–H and O–H groups in total. The first-order chi connectivity index (χ1) is 13.1. The Kier molecular flexibility index (Phi) is 3.61. The SMILES string of the molecule is O=C1C[C@]2(CC[C@@H]3[C@H](C(=O)NCc4ccccc4F)[C@@H]32)Oc2ccccc21. The maximum Gasteiger partial charge on any atom is 0.224 e. The predicted molar refractivity (Wildman–Crippen MR) is 96.7 cm³/mol. The standard InChI is InChI=1S/C22H20FNO3/c23-16-7-3-1-5-13(16)12-24-21(26)19-15-9-10-22(20(15)19)11-17(25)14-6-2-4-8-18(14)27-22/h1-8,15,19-20H,9-12H2,(H,24,26)/t15-,19+,20-,22+/m1/s1. The van der Waals surface area contributed by atoms with Gasteiger partial charge in [-0.2, -0.15) is 0 Å². The molecule has 2 saturated carbocycles. The number of rotatable bonds is 3. The van der Waals surface area contributed by atoms with E-state index in [1.807, 2.05) is 18.2 Å². The zero-order valence-corrected chi connectivity index (χ0v) is 14.8. The molecule has 2 aromatic carbocycles. The summed E-state index contributed by atoms with van der Waals surface area (Å²) in [5.74, 6) is 0.509. The van der Waals surface area contributed by atoms with Crippen molar-refractivity contribution in [3.63, 3.8) is 0 Å². The highest BCUT2D eigenvalue weighted by Gasteiger charge is 2.70. The summed E-state index contributed by atoms with van der Waals surface area (Å²) < 4.78 is 20.1. The number of amides is 1. The Labute approximate surface area is 156 Å². The molecule has 4 nitrogen and oxygen atoms in total. The third kappa shape index (κ3) is 2.56. The molecule has 1 heterocycles. The molecule has 0 aromatic heterocycles. The van der Waals surface area contributed by atoms with Gasteiger partial charge >= 0.3 is 0 Å². The van der Waals surface area contributed by atoms with E-state index in [2.05, 4.69) is 5.32 Å². The van der Waals surface area contributed by atoms with Gasteiger partial charge in [0, 0.05) is 23.9 Å². The van der Waals surface area contributed by atoms with E-state index in [-0.39, 0.29) is 41.8 Å². The van der Waals surface area contributed by atoms with Gasteiger partial charge in [0.25, 0.3) is 0 Å². The van der Waals surface area contributed by atoms with Gasteiger partial charge in [0.1, 0.15) is 17.2 Å². The number of benzene rings is 2. The van der Waals surface area contributed by atoms with Crippen LogP contribution in [0.15, 0.2) is 48.5 Å². The van der Waals surface area contributed by atoms with Crippen molar-refractivity contribution >= 4 is 11.7 Å². The molecule has 1 aliphatic heterocycles. The lowest BCUT2D eigenvalue weighted by atomic mass is 9.84. The number of nitrogens with one attached hydrogen (secondary N) is 1. The maximum atomic E-state index is 13.7. The van der Waals surface area contributed by atoms with E-state index < -0.39 is 5.60 Å². The number of Topliss-reactive ketones (excluding diaryl/α,β-unsaturated/α-hetero) is 1. The number of ketones is 1. The largest absolute Gasteiger partial charge is 0.486 e. The summed E-state index contributed by atoms with van der Waals surface area (Å²) in [7, 11) is 0. The van der Waals surface area contributed by atoms with E-state index in [0.29, 0.717) is 23.3 Å². The summed E-state index contributed by atoms with van der Waals surface area (Å²) in [5, 5.41) is 2.86. The van der Waals surface area contributed by atoms with Crippen molar-refractivity contribution in [2.75, 3.05) is 0 Å². The molecule has 0 bridgehead atoms. The summed E-state index contributed by atoms with van der Waals surface area (Å²) in [6, 6.07) is 13.8. The van der Waals surface area contributed by atoms with Crippen LogP contribution in [0.3, 0.4) is 0 Å². The molecule has 27 heavy (non-hydrogen) atoms. The highest BCUT2D eigenvalue weighted by molar-refractivity contribution is 6.00. The van der Waals surface area contributed by atoms with Crippen molar-refractivity contribution in [3.05, 3.63) is 65.5 Å². The predicted octanol–water partition coefficient (Wildman–Crippen LogP) is 3.50. The summed E-state index contributed by atoms with van der Waals surface area (Å²) in [6.07, 6.45) is 2.03. The van der Waals surface area contributed by atoms with Crippen LogP contribution in [0.1, 0.15) is 35.2 Å². The molecule has 0 unspecified atom stereocenters. The summed E-state index contributed by atoms with van der Waals surface area (Å²) in [4.78, 5) is 25.3. The van der Waals surface area contributed by atoms with Crippen LogP contribution in [0.4, 0.5) is 4.39 Å². The van der Waals surface area contributed by atoms with E-state index in [1.165, 1.54) is 6.07 Å². The smallest absolute Gasteiger partial charge is 0.224 e. The fourth-order valence-electron chi connectivity index (χ4n) is 5.06. The molecule has 5 rings (SSSR count). The van der Waals surface area contributed by atoms with Crippen LogP contribution in [0, 0.1) is 23.6 Å². The van der Waals surface area contributed by atoms with Crippen molar-refractivity contribution < 1.29 is 18.7 Å². The Morgan fingerprint density at radius 2 is 1.96 bits per heavy atom. The van der Waals surface area contributed by atoms with E-state index in [9.17, 15) is 14.0 Å². The van der Waals surface area contributed by atoms with Crippen molar-refractivity contribution in [1.29, 1.82) is 0 Å². The van der Waals surface area contributed by atoms with Crippen LogP contribution in [-0.4, -0.2) is 17.3 Å². The van der Waals surface area contributed by atoms with Gasteiger partial charge in [-0.3, -0.25) is 9.59 Å².